The van der Waals surface area contributed by atoms with E-state index in [9.17, 15) is 19.8 Å². The summed E-state index contributed by atoms with van der Waals surface area (Å²) in [4.78, 5) is 22.2. The lowest BCUT2D eigenvalue weighted by atomic mass is 9.90. The monoisotopic (exact) mass is 296 g/mol. The zero-order valence-electron chi connectivity index (χ0n) is 12.3. The number of carbonyl (C=O) groups excluding carboxylic acids is 1. The van der Waals surface area contributed by atoms with Crippen molar-refractivity contribution in [2.24, 2.45) is 11.8 Å². The van der Waals surface area contributed by atoms with Crippen LogP contribution in [0.4, 0.5) is 0 Å². The summed E-state index contributed by atoms with van der Waals surface area (Å²) in [5.41, 5.74) is 0. The van der Waals surface area contributed by atoms with Crippen LogP contribution in [0.3, 0.4) is 0 Å². The number of aliphatic carboxylic acids is 1. The van der Waals surface area contributed by atoms with Crippen molar-refractivity contribution in [2.75, 3.05) is 0 Å². The van der Waals surface area contributed by atoms with E-state index in [0.29, 0.717) is 19.3 Å². The van der Waals surface area contributed by atoms with Crippen molar-refractivity contribution in [1.82, 2.24) is 0 Å². The molecule has 1 saturated carbocycles. The maximum absolute atomic E-state index is 11.8. The van der Waals surface area contributed by atoms with Crippen molar-refractivity contribution in [2.45, 2.75) is 51.2 Å². The van der Waals surface area contributed by atoms with E-state index in [1.54, 1.807) is 19.1 Å². The molecule has 1 aliphatic carbocycles. The molecule has 0 aromatic heterocycles. The van der Waals surface area contributed by atoms with Gasteiger partial charge in [0.15, 0.2) is 0 Å². The molecule has 21 heavy (non-hydrogen) atoms. The number of carbonyl (C=O) groups is 2. The van der Waals surface area contributed by atoms with Crippen molar-refractivity contribution in [3.8, 4) is 0 Å². The Balaban J connectivity index is 2.48. The van der Waals surface area contributed by atoms with Crippen molar-refractivity contribution in [3.05, 3.63) is 24.3 Å². The molecule has 0 heterocycles. The minimum Gasteiger partial charge on any atom is -0.481 e. The molecule has 0 aromatic rings. The first-order chi connectivity index (χ1) is 9.91. The molecule has 3 N–H and O–H groups in total. The molecular formula is C16H24O5. The predicted molar refractivity (Wildman–Crippen MR) is 78.7 cm³/mol. The highest BCUT2D eigenvalue weighted by atomic mass is 16.4. The Morgan fingerprint density at radius 2 is 2.14 bits per heavy atom. The first kappa shape index (κ1) is 17.6. The number of unbranched alkanes of at least 4 members (excludes halogenated alkanes) is 1. The van der Waals surface area contributed by atoms with Crippen molar-refractivity contribution in [1.29, 1.82) is 0 Å². The summed E-state index contributed by atoms with van der Waals surface area (Å²) in [6.07, 6.45) is 7.95. The van der Waals surface area contributed by atoms with Gasteiger partial charge in [0, 0.05) is 24.7 Å². The molecule has 0 aromatic carbocycles. The third-order valence-corrected chi connectivity index (χ3v) is 3.67. The van der Waals surface area contributed by atoms with E-state index in [-0.39, 0.29) is 30.5 Å². The predicted octanol–water partition coefficient (Wildman–Crippen LogP) is 1.69. The SMILES string of the molecule is C[C@H](O)/C=C/[C@H]1C(=O)C[C@H](O)[C@@H]1C/C=C/CCCC(=O)O. The molecule has 1 rings (SSSR count). The van der Waals surface area contributed by atoms with Gasteiger partial charge in [-0.3, -0.25) is 9.59 Å². The van der Waals surface area contributed by atoms with Gasteiger partial charge in [-0.15, -0.1) is 0 Å². The lowest BCUT2D eigenvalue weighted by molar-refractivity contribution is -0.137. The van der Waals surface area contributed by atoms with Crippen molar-refractivity contribution in [3.63, 3.8) is 0 Å². The van der Waals surface area contributed by atoms with E-state index in [0.717, 1.165) is 0 Å². The largest absolute Gasteiger partial charge is 0.481 e. The number of allylic oxidation sites excluding steroid dienone is 3. The average Bonchev–Trinajstić information content (AvgIpc) is 2.65. The third-order valence-electron chi connectivity index (χ3n) is 3.67. The highest BCUT2D eigenvalue weighted by molar-refractivity contribution is 5.86. The number of carboxylic acids is 1. The Bertz CT molecular complexity index is 411. The minimum atomic E-state index is -0.802. The number of aliphatic hydroxyl groups excluding tert-OH is 2. The summed E-state index contributed by atoms with van der Waals surface area (Å²) in [5.74, 6) is -1.31. The molecule has 1 aliphatic rings. The molecular weight excluding hydrogens is 272 g/mol. The summed E-state index contributed by atoms with van der Waals surface area (Å²) in [7, 11) is 0. The van der Waals surface area contributed by atoms with Gasteiger partial charge in [0.1, 0.15) is 5.78 Å². The lowest BCUT2D eigenvalue weighted by Gasteiger charge is -2.16. The fraction of sp³-hybridized carbons (Fsp3) is 0.625. The van der Waals surface area contributed by atoms with Crippen LogP contribution in [0.1, 0.15) is 39.0 Å². The van der Waals surface area contributed by atoms with Crippen LogP contribution >= 0.6 is 0 Å². The van der Waals surface area contributed by atoms with Crippen LogP contribution in [0.15, 0.2) is 24.3 Å². The molecule has 1 fully saturated rings. The van der Waals surface area contributed by atoms with Gasteiger partial charge in [0.05, 0.1) is 12.2 Å². The smallest absolute Gasteiger partial charge is 0.303 e. The standard InChI is InChI=1S/C16H24O5/c1-11(17)8-9-13-12(14(18)10-15(13)19)6-4-2-3-5-7-16(20)21/h2,4,8-9,11-14,17-18H,3,5-7,10H2,1H3,(H,20,21)/b4-2+,9-8+/t11-,12+,13+,14-/m0/s1. The molecule has 5 heteroatoms. The molecule has 5 nitrogen and oxygen atoms in total. The molecule has 118 valence electrons. The van der Waals surface area contributed by atoms with Gasteiger partial charge in [0.2, 0.25) is 0 Å². The van der Waals surface area contributed by atoms with E-state index in [1.165, 1.54) is 0 Å². The summed E-state index contributed by atoms with van der Waals surface area (Å²) < 4.78 is 0. The third kappa shape index (κ3) is 6.23. The van der Waals surface area contributed by atoms with Crippen LogP contribution in [0.2, 0.25) is 0 Å². The first-order valence-corrected chi connectivity index (χ1v) is 7.35. The topological polar surface area (TPSA) is 94.8 Å². The Kier molecular flexibility index (Phi) is 7.32. The number of hydrogen-bond donors (Lipinski definition) is 3. The zero-order valence-corrected chi connectivity index (χ0v) is 12.3. The summed E-state index contributed by atoms with van der Waals surface area (Å²) >= 11 is 0. The number of ketones is 1. The van der Waals surface area contributed by atoms with Gasteiger partial charge in [-0.1, -0.05) is 24.3 Å². The fourth-order valence-electron chi connectivity index (χ4n) is 2.55. The second-order valence-electron chi connectivity index (χ2n) is 5.55. The molecule has 4 atom stereocenters. The number of aliphatic hydroxyl groups is 2. The summed E-state index contributed by atoms with van der Waals surface area (Å²) in [6.45, 7) is 1.61. The fourth-order valence-corrected chi connectivity index (χ4v) is 2.55. The highest BCUT2D eigenvalue weighted by Gasteiger charge is 2.39. The Morgan fingerprint density at radius 1 is 1.43 bits per heavy atom. The van der Waals surface area contributed by atoms with E-state index in [1.807, 2.05) is 12.2 Å². The van der Waals surface area contributed by atoms with Crippen LogP contribution in [-0.2, 0) is 9.59 Å². The van der Waals surface area contributed by atoms with Crippen molar-refractivity contribution >= 4 is 11.8 Å². The first-order valence-electron chi connectivity index (χ1n) is 7.35. The van der Waals surface area contributed by atoms with Gasteiger partial charge in [-0.2, -0.15) is 0 Å². The zero-order chi connectivity index (χ0) is 15.8. The highest BCUT2D eigenvalue weighted by Crippen LogP contribution is 2.33. The molecule has 0 saturated heterocycles. The maximum atomic E-state index is 11.8. The van der Waals surface area contributed by atoms with E-state index >= 15 is 0 Å². The number of Topliss-reactive ketones (excluding diaryl/α,β-unsaturated/α-hetero) is 1. The quantitative estimate of drug-likeness (QED) is 0.468. The van der Waals surface area contributed by atoms with Gasteiger partial charge in [-0.25, -0.2) is 0 Å². The van der Waals surface area contributed by atoms with Gasteiger partial charge >= 0.3 is 5.97 Å². The molecule has 0 spiro atoms. The van der Waals surface area contributed by atoms with Crippen molar-refractivity contribution < 1.29 is 24.9 Å². The number of carboxylic acid groups (broad SMARTS) is 1. The van der Waals surface area contributed by atoms with E-state index in [2.05, 4.69) is 0 Å². The van der Waals surface area contributed by atoms with E-state index < -0.39 is 18.2 Å². The molecule has 0 radical (unpaired) electrons. The maximum Gasteiger partial charge on any atom is 0.303 e. The Labute approximate surface area is 125 Å². The molecule has 0 unspecified atom stereocenters. The number of rotatable bonds is 8. The Morgan fingerprint density at radius 3 is 2.76 bits per heavy atom. The van der Waals surface area contributed by atoms with Crippen LogP contribution in [0.5, 0.6) is 0 Å². The lowest BCUT2D eigenvalue weighted by Crippen LogP contribution is -2.18. The van der Waals surface area contributed by atoms with Crippen LogP contribution in [0.25, 0.3) is 0 Å². The van der Waals surface area contributed by atoms with Gasteiger partial charge in [0.25, 0.3) is 0 Å². The van der Waals surface area contributed by atoms with Gasteiger partial charge in [-0.05, 0) is 26.2 Å². The summed E-state index contributed by atoms with van der Waals surface area (Å²) in [5, 5.41) is 27.7. The van der Waals surface area contributed by atoms with Gasteiger partial charge < -0.3 is 15.3 Å². The van der Waals surface area contributed by atoms with Crippen LogP contribution in [-0.4, -0.2) is 39.3 Å². The van der Waals surface area contributed by atoms with E-state index in [4.69, 9.17) is 5.11 Å². The molecule has 0 aliphatic heterocycles. The van der Waals surface area contributed by atoms with Crippen LogP contribution < -0.4 is 0 Å². The second-order valence-corrected chi connectivity index (χ2v) is 5.55. The normalized spacial score (nSPS) is 27.8. The average molecular weight is 296 g/mol. The van der Waals surface area contributed by atoms with Crippen LogP contribution in [0, 0.1) is 11.8 Å². The second kappa shape index (κ2) is 8.74. The minimum absolute atomic E-state index is 0.00340. The Hall–Kier alpha value is -1.46. The molecule has 0 amide bonds. The molecule has 0 bridgehead atoms. The number of hydrogen-bond acceptors (Lipinski definition) is 4. The summed E-state index contributed by atoms with van der Waals surface area (Å²) in [6, 6.07) is 0.